The monoisotopic (exact) mass is 360 g/mol. The normalized spacial score (nSPS) is 10.8. The molecule has 0 saturated heterocycles. The van der Waals surface area contributed by atoms with Crippen LogP contribution in [0.3, 0.4) is 0 Å². The summed E-state index contributed by atoms with van der Waals surface area (Å²) in [5, 5.41) is 33.1. The Bertz CT molecular complexity index is 672. The molecule has 1 aromatic rings. The summed E-state index contributed by atoms with van der Waals surface area (Å²) in [6, 6.07) is 2.69. The number of rotatable bonds is 6. The van der Waals surface area contributed by atoms with Gasteiger partial charge in [0.15, 0.2) is 4.62 Å². The Balaban J connectivity index is 3.12. The third-order valence-corrected chi connectivity index (χ3v) is 2.58. The molecule has 0 bridgehead atoms. The number of ketones is 1. The highest BCUT2D eigenvalue weighted by molar-refractivity contribution is 9.19. The molecule has 0 aliphatic rings. The van der Waals surface area contributed by atoms with Crippen LogP contribution in [0.4, 0.5) is 17.1 Å². The largest absolute Gasteiger partial charge is 0.475 e. The Morgan fingerprint density at radius 1 is 1.24 bits per heavy atom. The van der Waals surface area contributed by atoms with Crippen molar-refractivity contribution >= 4 is 49.4 Å². The molecular formula is C9H5BrN4O7. The van der Waals surface area contributed by atoms with E-state index in [9.17, 15) is 29.8 Å². The molecule has 0 spiro atoms. The molecule has 0 aromatic heterocycles. The third kappa shape index (κ3) is 4.04. The van der Waals surface area contributed by atoms with E-state index in [0.29, 0.717) is 6.07 Å². The van der Waals surface area contributed by atoms with Crippen molar-refractivity contribution in [1.29, 1.82) is 0 Å². The van der Waals surface area contributed by atoms with Gasteiger partial charge in [0, 0.05) is 6.07 Å². The number of carbonyl (C=O) groups is 2. The third-order valence-electron chi connectivity index (χ3n) is 2.04. The highest BCUT2D eigenvalue weighted by Gasteiger charge is 2.21. The van der Waals surface area contributed by atoms with Gasteiger partial charge in [-0.1, -0.05) is 0 Å². The van der Waals surface area contributed by atoms with Gasteiger partial charge in [-0.25, -0.2) is 4.79 Å². The van der Waals surface area contributed by atoms with Gasteiger partial charge in [0.2, 0.25) is 0 Å². The Hall–Kier alpha value is -2.89. The number of hydrogen-bond donors (Lipinski definition) is 2. The maximum Gasteiger partial charge on any atom is 0.379 e. The van der Waals surface area contributed by atoms with Crippen molar-refractivity contribution in [3.05, 3.63) is 38.4 Å². The molecule has 2 N–H and O–H groups in total. The van der Waals surface area contributed by atoms with Crippen LogP contribution in [0.5, 0.6) is 0 Å². The van der Waals surface area contributed by atoms with Crippen LogP contribution in [0.2, 0.25) is 0 Å². The molecular weight excluding hydrogens is 356 g/mol. The first-order valence-corrected chi connectivity index (χ1v) is 5.73. The van der Waals surface area contributed by atoms with E-state index < -0.39 is 37.6 Å². The number of Topliss-reactive ketones (excluding diaryl/α,β-unsaturated/α-hetero) is 1. The minimum Gasteiger partial charge on any atom is -0.475 e. The van der Waals surface area contributed by atoms with Crippen LogP contribution >= 0.6 is 15.9 Å². The second-order valence-corrected chi connectivity index (χ2v) is 4.12. The van der Waals surface area contributed by atoms with Crippen LogP contribution in [-0.4, -0.2) is 31.3 Å². The fourth-order valence-corrected chi connectivity index (χ4v) is 1.39. The maximum atomic E-state index is 11.0. The molecule has 12 heteroatoms. The quantitative estimate of drug-likeness (QED) is 0.331. The lowest BCUT2D eigenvalue weighted by Crippen LogP contribution is -2.19. The number of hydrazone groups is 1. The molecule has 110 valence electrons. The van der Waals surface area contributed by atoms with Gasteiger partial charge in [-0.15, -0.1) is 0 Å². The first-order chi connectivity index (χ1) is 9.73. The van der Waals surface area contributed by atoms with Gasteiger partial charge in [-0.2, -0.15) is 5.10 Å². The number of nitro groups is 2. The Kier molecular flexibility index (Phi) is 5.01. The number of carbonyl (C=O) groups excluding carboxylic acids is 1. The van der Waals surface area contributed by atoms with Gasteiger partial charge in [0.25, 0.3) is 11.5 Å². The molecule has 0 heterocycles. The number of nitrogens with zero attached hydrogens (tertiary/aromatic N) is 3. The number of anilines is 1. The number of nitro benzene ring substituents is 2. The predicted octanol–water partition coefficient (Wildman–Crippen LogP) is 1.28. The molecule has 0 amide bonds. The van der Waals surface area contributed by atoms with E-state index in [4.69, 9.17) is 5.11 Å². The summed E-state index contributed by atoms with van der Waals surface area (Å²) in [5.41, 5.74) is 0.680. The molecule has 21 heavy (non-hydrogen) atoms. The molecule has 0 atom stereocenters. The predicted molar refractivity (Wildman–Crippen MR) is 72.4 cm³/mol. The molecule has 0 radical (unpaired) electrons. The van der Waals surface area contributed by atoms with Crippen LogP contribution in [0.25, 0.3) is 0 Å². The van der Waals surface area contributed by atoms with Crippen LogP contribution in [-0.2, 0) is 9.59 Å². The summed E-state index contributed by atoms with van der Waals surface area (Å²) in [6.07, 6.45) is 0. The minimum atomic E-state index is -1.77. The summed E-state index contributed by atoms with van der Waals surface area (Å²) >= 11 is 2.58. The average Bonchev–Trinajstić information content (AvgIpc) is 2.43. The molecule has 0 fully saturated rings. The second-order valence-electron chi connectivity index (χ2n) is 3.36. The first kappa shape index (κ1) is 16.2. The molecule has 11 nitrogen and oxygen atoms in total. The highest BCUT2D eigenvalue weighted by atomic mass is 79.9. The van der Waals surface area contributed by atoms with E-state index in [-0.39, 0.29) is 5.69 Å². The summed E-state index contributed by atoms with van der Waals surface area (Å²) in [7, 11) is 0. The summed E-state index contributed by atoms with van der Waals surface area (Å²) in [4.78, 5) is 41.0. The van der Waals surface area contributed by atoms with Crippen molar-refractivity contribution in [1.82, 2.24) is 0 Å². The zero-order chi connectivity index (χ0) is 16.2. The fraction of sp³-hybridized carbons (Fsp3) is 0. The van der Waals surface area contributed by atoms with Crippen LogP contribution in [0.15, 0.2) is 23.3 Å². The summed E-state index contributed by atoms with van der Waals surface area (Å²) in [6.45, 7) is 0. The second kappa shape index (κ2) is 6.51. The van der Waals surface area contributed by atoms with Gasteiger partial charge in [-0.05, 0) is 22.0 Å². The lowest BCUT2D eigenvalue weighted by atomic mass is 10.2. The molecule has 1 rings (SSSR count). The summed E-state index contributed by atoms with van der Waals surface area (Å²) in [5.74, 6) is -3.14. The van der Waals surface area contributed by atoms with E-state index in [1.54, 1.807) is 0 Å². The number of carboxylic acids is 1. The Labute approximate surface area is 123 Å². The van der Waals surface area contributed by atoms with Crippen molar-refractivity contribution in [2.45, 2.75) is 0 Å². The number of nitrogens with one attached hydrogen (secondary N) is 1. The van der Waals surface area contributed by atoms with Crippen molar-refractivity contribution in [3.8, 4) is 0 Å². The number of aliphatic carboxylic acids is 1. The lowest BCUT2D eigenvalue weighted by Gasteiger charge is -2.02. The van der Waals surface area contributed by atoms with E-state index in [0.717, 1.165) is 12.1 Å². The van der Waals surface area contributed by atoms with Crippen LogP contribution < -0.4 is 5.43 Å². The number of non-ortho nitro benzene ring substituents is 1. The standard InChI is InChI=1S/C9H5BrN4O7/c10-8(7(15)9(16)17)12-11-5-2-1-4(13(18)19)3-6(5)14(20)21/h1-3,11H,(H,16,17). The van der Waals surface area contributed by atoms with Crippen LogP contribution in [0.1, 0.15) is 0 Å². The SMILES string of the molecule is O=C(O)C(=O)C(Br)=NNc1ccc([N+](=O)[O-])cc1[N+](=O)[O-]. The molecule has 0 saturated carbocycles. The number of benzene rings is 1. The summed E-state index contributed by atoms with van der Waals surface area (Å²) < 4.78 is -0.623. The van der Waals surface area contributed by atoms with Gasteiger partial charge < -0.3 is 5.11 Å². The minimum absolute atomic E-state index is 0.249. The first-order valence-electron chi connectivity index (χ1n) is 4.93. The zero-order valence-corrected chi connectivity index (χ0v) is 11.4. The molecule has 1 aromatic carbocycles. The van der Waals surface area contributed by atoms with Gasteiger partial charge in [-0.3, -0.25) is 30.4 Å². The number of carboxylic acid groups (broad SMARTS) is 1. The van der Waals surface area contributed by atoms with Crippen molar-refractivity contribution < 1.29 is 24.5 Å². The average molecular weight is 361 g/mol. The number of halogens is 1. The fourth-order valence-electron chi connectivity index (χ4n) is 1.13. The highest BCUT2D eigenvalue weighted by Crippen LogP contribution is 2.28. The molecule has 0 aliphatic carbocycles. The Morgan fingerprint density at radius 2 is 1.86 bits per heavy atom. The van der Waals surface area contributed by atoms with Crippen molar-refractivity contribution in [2.24, 2.45) is 5.10 Å². The van der Waals surface area contributed by atoms with Crippen molar-refractivity contribution in [3.63, 3.8) is 0 Å². The molecule has 0 unspecified atom stereocenters. The topological polar surface area (TPSA) is 165 Å². The van der Waals surface area contributed by atoms with Crippen molar-refractivity contribution in [2.75, 3.05) is 5.43 Å². The smallest absolute Gasteiger partial charge is 0.379 e. The Morgan fingerprint density at radius 3 is 2.33 bits per heavy atom. The van der Waals surface area contributed by atoms with Gasteiger partial charge >= 0.3 is 11.7 Å². The van der Waals surface area contributed by atoms with E-state index in [2.05, 4.69) is 26.5 Å². The zero-order valence-electron chi connectivity index (χ0n) is 9.85. The van der Waals surface area contributed by atoms with E-state index >= 15 is 0 Å². The van der Waals surface area contributed by atoms with Crippen LogP contribution in [0, 0.1) is 20.2 Å². The van der Waals surface area contributed by atoms with Gasteiger partial charge in [0.05, 0.1) is 15.9 Å². The van der Waals surface area contributed by atoms with Gasteiger partial charge in [0.1, 0.15) is 5.69 Å². The van der Waals surface area contributed by atoms with E-state index in [1.807, 2.05) is 0 Å². The maximum absolute atomic E-state index is 11.0. The molecule has 0 aliphatic heterocycles. The lowest BCUT2D eigenvalue weighted by molar-refractivity contribution is -0.393. The number of hydrogen-bond acceptors (Lipinski definition) is 8. The van der Waals surface area contributed by atoms with E-state index in [1.165, 1.54) is 0 Å².